The summed E-state index contributed by atoms with van der Waals surface area (Å²) in [5, 5.41) is 11.9. The van der Waals surface area contributed by atoms with E-state index in [1.54, 1.807) is 31.4 Å². The van der Waals surface area contributed by atoms with Crippen LogP contribution in [0.3, 0.4) is 0 Å². The molecule has 0 heterocycles. The van der Waals surface area contributed by atoms with Gasteiger partial charge in [-0.25, -0.2) is 4.79 Å². The molecule has 146 valence electrons. The van der Waals surface area contributed by atoms with Gasteiger partial charge >= 0.3 is 6.09 Å². The monoisotopic (exact) mass is 382 g/mol. The summed E-state index contributed by atoms with van der Waals surface area (Å²) in [4.78, 5) is 11.6. The van der Waals surface area contributed by atoms with Crippen molar-refractivity contribution < 1.29 is 23.7 Å². The molecule has 1 amide bonds. The molecule has 0 fully saturated rings. The Labute approximate surface area is 164 Å². The summed E-state index contributed by atoms with van der Waals surface area (Å²) in [5.74, 6) is 1.65. The number of allylic oxidation sites excluding steroid dienone is 1. The van der Waals surface area contributed by atoms with E-state index in [0.717, 1.165) is 5.56 Å². The number of amides is 1. The lowest BCUT2D eigenvalue weighted by atomic mass is 9.96. The van der Waals surface area contributed by atoms with Crippen LogP contribution in [0, 0.1) is 11.3 Å². The number of anilines is 1. The Morgan fingerprint density at radius 2 is 1.68 bits per heavy atom. The molecule has 0 atom stereocenters. The molecule has 0 aliphatic rings. The molecular formula is C21H22N2O5. The Hall–Kier alpha value is -3.66. The molecule has 2 rings (SSSR count). The molecule has 0 saturated heterocycles. The summed E-state index contributed by atoms with van der Waals surface area (Å²) in [6, 6.07) is 12.7. The highest BCUT2D eigenvalue weighted by molar-refractivity contribution is 5.90. The molecule has 0 spiro atoms. The molecule has 0 aliphatic carbocycles. The number of carbonyl (C=O) groups excluding carboxylic acids is 1. The van der Waals surface area contributed by atoms with Gasteiger partial charge in [-0.05, 0) is 47.9 Å². The smallest absolute Gasteiger partial charge is 0.411 e. The molecule has 1 N–H and O–H groups in total. The van der Waals surface area contributed by atoms with Gasteiger partial charge in [-0.1, -0.05) is 12.1 Å². The molecule has 2 aromatic carbocycles. The van der Waals surface area contributed by atoms with Crippen LogP contribution in [0.2, 0.25) is 0 Å². The number of nitriles is 1. The minimum atomic E-state index is -0.621. The van der Waals surface area contributed by atoms with E-state index >= 15 is 0 Å². The van der Waals surface area contributed by atoms with Gasteiger partial charge in [-0.3, -0.25) is 5.32 Å². The quantitative estimate of drug-likeness (QED) is 0.721. The van der Waals surface area contributed by atoms with Gasteiger partial charge in [0.15, 0.2) is 11.5 Å². The Morgan fingerprint density at radius 1 is 1.04 bits per heavy atom. The maximum absolute atomic E-state index is 11.6. The van der Waals surface area contributed by atoms with E-state index in [1.807, 2.05) is 19.1 Å². The maximum Gasteiger partial charge on any atom is 0.411 e. The van der Waals surface area contributed by atoms with E-state index < -0.39 is 6.09 Å². The average molecular weight is 382 g/mol. The number of rotatable bonds is 7. The fourth-order valence-electron chi connectivity index (χ4n) is 2.64. The summed E-state index contributed by atoms with van der Waals surface area (Å²) in [6.07, 6.45) is 0.811. The van der Waals surface area contributed by atoms with Crippen molar-refractivity contribution in [2.24, 2.45) is 0 Å². The Balaban J connectivity index is 2.54. The lowest BCUT2D eigenvalue weighted by Gasteiger charge is -2.15. The Bertz CT molecular complexity index is 915. The molecule has 0 saturated carbocycles. The van der Waals surface area contributed by atoms with E-state index in [-0.39, 0.29) is 0 Å². The van der Waals surface area contributed by atoms with Crippen LogP contribution in [0.25, 0.3) is 5.57 Å². The predicted octanol–water partition coefficient (Wildman–Crippen LogP) is 4.24. The van der Waals surface area contributed by atoms with Crippen LogP contribution in [-0.4, -0.2) is 34.0 Å². The summed E-state index contributed by atoms with van der Waals surface area (Å²) in [7, 11) is 4.35. The Kier molecular flexibility index (Phi) is 7.28. The van der Waals surface area contributed by atoms with Gasteiger partial charge in [-0.2, -0.15) is 5.26 Å². The lowest BCUT2D eigenvalue weighted by Crippen LogP contribution is -2.12. The van der Waals surface area contributed by atoms with Crippen LogP contribution >= 0.6 is 0 Å². The standard InChI is InChI=1S/C21H22N2O5/c1-5-28-20-13-15(7-9-19(20)26-3)16(10-11-22)14-6-8-18(25-2)17(12-14)23-21(24)27-4/h6-10,12-13H,5H2,1-4H3,(H,23,24). The van der Waals surface area contributed by atoms with Gasteiger partial charge < -0.3 is 18.9 Å². The van der Waals surface area contributed by atoms with Gasteiger partial charge in [0, 0.05) is 6.08 Å². The van der Waals surface area contributed by atoms with Gasteiger partial charge in [0.25, 0.3) is 0 Å². The number of benzene rings is 2. The molecule has 0 aromatic heterocycles. The number of carbonyl (C=O) groups is 1. The average Bonchev–Trinajstić information content (AvgIpc) is 2.72. The zero-order valence-corrected chi connectivity index (χ0v) is 16.2. The number of hydrogen-bond acceptors (Lipinski definition) is 6. The van der Waals surface area contributed by atoms with Crippen molar-refractivity contribution in [3.8, 4) is 23.3 Å². The highest BCUT2D eigenvalue weighted by Gasteiger charge is 2.14. The van der Waals surface area contributed by atoms with Crippen LogP contribution in [0.1, 0.15) is 18.1 Å². The highest BCUT2D eigenvalue weighted by Crippen LogP contribution is 2.35. The second kappa shape index (κ2) is 9.88. The first-order valence-electron chi connectivity index (χ1n) is 8.52. The zero-order valence-electron chi connectivity index (χ0n) is 16.2. The predicted molar refractivity (Wildman–Crippen MR) is 106 cm³/mol. The summed E-state index contributed by atoms with van der Waals surface area (Å²) in [6.45, 7) is 2.36. The SMILES string of the molecule is CCOc1cc(C(=CC#N)c2ccc(OC)c(NC(=O)OC)c2)ccc1OC. The van der Waals surface area contributed by atoms with Crippen molar-refractivity contribution in [3.05, 3.63) is 53.6 Å². The van der Waals surface area contributed by atoms with Gasteiger partial charge in [0.1, 0.15) is 5.75 Å². The first-order valence-corrected chi connectivity index (χ1v) is 8.52. The molecule has 0 bridgehead atoms. The number of methoxy groups -OCH3 is 3. The van der Waals surface area contributed by atoms with E-state index in [4.69, 9.17) is 14.2 Å². The summed E-state index contributed by atoms with van der Waals surface area (Å²) in [5.41, 5.74) is 2.55. The molecule has 7 nitrogen and oxygen atoms in total. The Morgan fingerprint density at radius 3 is 2.25 bits per heavy atom. The van der Waals surface area contributed by atoms with Crippen molar-refractivity contribution in [1.82, 2.24) is 0 Å². The van der Waals surface area contributed by atoms with Crippen LogP contribution in [0.5, 0.6) is 17.2 Å². The second-order valence-electron chi connectivity index (χ2n) is 5.52. The minimum absolute atomic E-state index is 0.425. The molecule has 2 aromatic rings. The number of ether oxygens (including phenoxy) is 4. The van der Waals surface area contributed by atoms with Crippen molar-refractivity contribution in [2.75, 3.05) is 33.3 Å². The summed E-state index contributed by atoms with van der Waals surface area (Å²) < 4.78 is 20.9. The molecule has 7 heteroatoms. The van der Waals surface area contributed by atoms with E-state index in [1.165, 1.54) is 20.3 Å². The van der Waals surface area contributed by atoms with Crippen molar-refractivity contribution in [3.63, 3.8) is 0 Å². The highest BCUT2D eigenvalue weighted by atomic mass is 16.5. The number of hydrogen-bond donors (Lipinski definition) is 1. The largest absolute Gasteiger partial charge is 0.495 e. The first-order chi connectivity index (χ1) is 13.6. The van der Waals surface area contributed by atoms with Crippen LogP contribution in [-0.2, 0) is 4.74 Å². The molecule has 0 unspecified atom stereocenters. The van der Waals surface area contributed by atoms with Gasteiger partial charge in [0.2, 0.25) is 0 Å². The van der Waals surface area contributed by atoms with Crippen molar-refractivity contribution in [2.45, 2.75) is 6.92 Å². The fraction of sp³-hybridized carbons (Fsp3) is 0.238. The molecule has 0 aliphatic heterocycles. The molecule has 28 heavy (non-hydrogen) atoms. The van der Waals surface area contributed by atoms with Crippen LogP contribution in [0.15, 0.2) is 42.5 Å². The molecular weight excluding hydrogens is 360 g/mol. The minimum Gasteiger partial charge on any atom is -0.495 e. The zero-order chi connectivity index (χ0) is 20.5. The third kappa shape index (κ3) is 4.74. The van der Waals surface area contributed by atoms with Crippen molar-refractivity contribution >= 4 is 17.4 Å². The van der Waals surface area contributed by atoms with Gasteiger partial charge in [-0.15, -0.1) is 0 Å². The lowest BCUT2D eigenvalue weighted by molar-refractivity contribution is 0.187. The van der Waals surface area contributed by atoms with Crippen LogP contribution in [0.4, 0.5) is 10.5 Å². The van der Waals surface area contributed by atoms with Gasteiger partial charge in [0.05, 0.1) is 39.7 Å². The number of nitrogens with one attached hydrogen (secondary N) is 1. The van der Waals surface area contributed by atoms with E-state index in [9.17, 15) is 10.1 Å². The van der Waals surface area contributed by atoms with E-state index in [0.29, 0.717) is 40.7 Å². The first kappa shape index (κ1) is 20.6. The molecule has 0 radical (unpaired) electrons. The normalized spacial score (nSPS) is 10.6. The number of nitrogens with zero attached hydrogens (tertiary/aromatic N) is 1. The van der Waals surface area contributed by atoms with Crippen LogP contribution < -0.4 is 19.5 Å². The van der Waals surface area contributed by atoms with Crippen molar-refractivity contribution in [1.29, 1.82) is 5.26 Å². The topological polar surface area (TPSA) is 89.8 Å². The van der Waals surface area contributed by atoms with E-state index in [2.05, 4.69) is 16.1 Å². The fourth-order valence-corrected chi connectivity index (χ4v) is 2.64. The maximum atomic E-state index is 11.6. The summed E-state index contributed by atoms with van der Waals surface area (Å²) >= 11 is 0. The third-order valence-electron chi connectivity index (χ3n) is 3.92. The third-order valence-corrected chi connectivity index (χ3v) is 3.92. The second-order valence-corrected chi connectivity index (χ2v) is 5.52.